The van der Waals surface area contributed by atoms with Crippen LogP contribution in [0.25, 0.3) is 12.2 Å². The van der Waals surface area contributed by atoms with Gasteiger partial charge in [0.25, 0.3) is 0 Å². The third-order valence-corrected chi connectivity index (χ3v) is 6.84. The number of nitrogens with zero attached hydrogens (tertiary/aromatic N) is 1. The van der Waals surface area contributed by atoms with Gasteiger partial charge in [-0.15, -0.1) is 0 Å². The minimum Gasteiger partial charge on any atom is -0.326 e. The van der Waals surface area contributed by atoms with Crippen LogP contribution in [0, 0.1) is 23.2 Å². The highest BCUT2D eigenvalue weighted by molar-refractivity contribution is 5.96. The number of carbonyl (C=O) groups is 1. The summed E-state index contributed by atoms with van der Waals surface area (Å²) in [6.45, 7) is 0. The Kier molecular flexibility index (Phi) is 4.11. The predicted molar refractivity (Wildman–Crippen MR) is 109 cm³/mol. The van der Waals surface area contributed by atoms with Gasteiger partial charge in [0.05, 0.1) is 5.41 Å². The van der Waals surface area contributed by atoms with Gasteiger partial charge in [-0.1, -0.05) is 24.3 Å². The van der Waals surface area contributed by atoms with Crippen molar-refractivity contribution in [2.24, 2.45) is 23.2 Å². The highest BCUT2D eigenvalue weighted by Gasteiger charge is 2.54. The fourth-order valence-electron chi connectivity index (χ4n) is 6.04. The lowest BCUT2D eigenvalue weighted by atomic mass is 9.49. The molecule has 4 aliphatic carbocycles. The number of benzene rings is 1. The second-order valence-electron chi connectivity index (χ2n) is 8.89. The molecule has 2 aromatic rings. The molecule has 0 unspecified atom stereocenters. The number of nitrogens with one attached hydrogen (secondary N) is 1. The van der Waals surface area contributed by atoms with Gasteiger partial charge in [0.15, 0.2) is 0 Å². The van der Waals surface area contributed by atoms with E-state index >= 15 is 0 Å². The molecule has 3 nitrogen and oxygen atoms in total. The molecule has 1 aromatic heterocycles. The first kappa shape index (κ1) is 16.7. The van der Waals surface area contributed by atoms with Crippen molar-refractivity contribution in [2.75, 3.05) is 5.32 Å². The Morgan fingerprint density at radius 2 is 1.56 bits per heavy atom. The Balaban J connectivity index is 1.31. The highest BCUT2D eigenvalue weighted by Crippen LogP contribution is 2.60. The average molecular weight is 358 g/mol. The normalized spacial score (nSPS) is 31.3. The van der Waals surface area contributed by atoms with Crippen LogP contribution in [0.4, 0.5) is 5.69 Å². The van der Waals surface area contributed by atoms with Gasteiger partial charge in [0.1, 0.15) is 0 Å². The largest absolute Gasteiger partial charge is 0.326 e. The van der Waals surface area contributed by atoms with Crippen LogP contribution in [0.5, 0.6) is 0 Å². The van der Waals surface area contributed by atoms with Crippen LogP contribution >= 0.6 is 0 Å². The second kappa shape index (κ2) is 6.63. The maximum absolute atomic E-state index is 13.2. The number of pyridine rings is 1. The van der Waals surface area contributed by atoms with Gasteiger partial charge in [-0.25, -0.2) is 0 Å². The standard InChI is InChI=1S/C24H26N2O/c27-23(24-14-19-10-20(15-24)12-21(11-19)16-24)26-22-3-1-2-18(13-22)5-4-17-6-8-25-9-7-17/h1-9,13,19-21H,10-12,14-16H2,(H,26,27). The molecule has 4 aliphatic rings. The first-order valence-electron chi connectivity index (χ1n) is 10.2. The summed E-state index contributed by atoms with van der Waals surface area (Å²) < 4.78 is 0. The zero-order chi connectivity index (χ0) is 18.3. The van der Waals surface area contributed by atoms with E-state index in [1.54, 1.807) is 12.4 Å². The fourth-order valence-corrected chi connectivity index (χ4v) is 6.04. The zero-order valence-corrected chi connectivity index (χ0v) is 15.6. The summed E-state index contributed by atoms with van der Waals surface area (Å²) in [5, 5.41) is 3.25. The number of aromatic nitrogens is 1. The number of anilines is 1. The first-order chi connectivity index (χ1) is 13.2. The number of carbonyl (C=O) groups excluding carboxylic acids is 1. The molecule has 1 aromatic carbocycles. The Morgan fingerprint density at radius 1 is 0.926 bits per heavy atom. The van der Waals surface area contributed by atoms with E-state index in [1.165, 1.54) is 19.3 Å². The molecule has 4 saturated carbocycles. The average Bonchev–Trinajstić information content (AvgIpc) is 2.66. The van der Waals surface area contributed by atoms with E-state index in [0.29, 0.717) is 0 Å². The fraction of sp³-hybridized carbons (Fsp3) is 0.417. The first-order valence-corrected chi connectivity index (χ1v) is 10.2. The van der Waals surface area contributed by atoms with Crippen LogP contribution in [-0.4, -0.2) is 10.9 Å². The van der Waals surface area contributed by atoms with Gasteiger partial charge in [-0.2, -0.15) is 0 Å². The summed E-state index contributed by atoms with van der Waals surface area (Å²) in [6, 6.07) is 12.1. The Labute approximate surface area is 160 Å². The molecule has 6 rings (SSSR count). The maximum Gasteiger partial charge on any atom is 0.230 e. The summed E-state index contributed by atoms with van der Waals surface area (Å²) in [5.41, 5.74) is 3.02. The molecular formula is C24H26N2O. The Morgan fingerprint density at radius 3 is 2.22 bits per heavy atom. The van der Waals surface area contributed by atoms with Crippen molar-refractivity contribution in [1.82, 2.24) is 4.98 Å². The van der Waals surface area contributed by atoms with Crippen molar-refractivity contribution in [3.8, 4) is 0 Å². The van der Waals surface area contributed by atoms with Gasteiger partial charge in [0, 0.05) is 18.1 Å². The molecule has 0 aliphatic heterocycles. The van der Waals surface area contributed by atoms with Crippen molar-refractivity contribution in [1.29, 1.82) is 0 Å². The molecule has 3 heteroatoms. The van der Waals surface area contributed by atoms with Gasteiger partial charge in [-0.05, 0) is 91.7 Å². The van der Waals surface area contributed by atoms with Crippen molar-refractivity contribution in [3.63, 3.8) is 0 Å². The van der Waals surface area contributed by atoms with Gasteiger partial charge in [-0.3, -0.25) is 9.78 Å². The monoisotopic (exact) mass is 358 g/mol. The molecule has 4 fully saturated rings. The lowest BCUT2D eigenvalue weighted by Gasteiger charge is -2.55. The second-order valence-corrected chi connectivity index (χ2v) is 8.89. The minimum absolute atomic E-state index is 0.0996. The lowest BCUT2D eigenvalue weighted by molar-refractivity contribution is -0.140. The summed E-state index contributed by atoms with van der Waals surface area (Å²) in [4.78, 5) is 17.3. The number of hydrogen-bond acceptors (Lipinski definition) is 2. The Bertz CT molecular complexity index is 836. The minimum atomic E-state index is -0.0996. The molecule has 0 radical (unpaired) electrons. The summed E-state index contributed by atoms with van der Waals surface area (Å²) in [6.07, 6.45) is 15.1. The van der Waals surface area contributed by atoms with E-state index in [-0.39, 0.29) is 11.3 Å². The van der Waals surface area contributed by atoms with E-state index in [0.717, 1.165) is 53.8 Å². The van der Waals surface area contributed by atoms with Crippen molar-refractivity contribution in [2.45, 2.75) is 38.5 Å². The van der Waals surface area contributed by atoms with Crippen molar-refractivity contribution >= 4 is 23.7 Å². The molecule has 1 N–H and O–H groups in total. The van der Waals surface area contributed by atoms with Crippen molar-refractivity contribution < 1.29 is 4.79 Å². The number of rotatable bonds is 4. The summed E-state index contributed by atoms with van der Waals surface area (Å²) in [7, 11) is 0. The van der Waals surface area contributed by atoms with E-state index < -0.39 is 0 Å². The topological polar surface area (TPSA) is 42.0 Å². The van der Waals surface area contributed by atoms with E-state index in [1.807, 2.05) is 24.3 Å². The van der Waals surface area contributed by atoms with Crippen LogP contribution in [0.15, 0.2) is 48.8 Å². The van der Waals surface area contributed by atoms with E-state index in [2.05, 4.69) is 34.6 Å². The SMILES string of the molecule is O=C(Nc1cccc(C=Cc2ccncc2)c1)C12CC3CC(CC(C3)C1)C2. The Hall–Kier alpha value is -2.42. The lowest BCUT2D eigenvalue weighted by Crippen LogP contribution is -2.51. The third kappa shape index (κ3) is 3.31. The van der Waals surface area contributed by atoms with E-state index in [4.69, 9.17) is 0 Å². The third-order valence-electron chi connectivity index (χ3n) is 6.84. The molecule has 0 atom stereocenters. The van der Waals surface area contributed by atoms with Crippen LogP contribution in [0.1, 0.15) is 49.7 Å². The number of hydrogen-bond donors (Lipinski definition) is 1. The van der Waals surface area contributed by atoms with Gasteiger partial charge in [0.2, 0.25) is 5.91 Å². The van der Waals surface area contributed by atoms with Gasteiger partial charge >= 0.3 is 0 Å². The molecule has 1 heterocycles. The van der Waals surface area contributed by atoms with Crippen LogP contribution in [0.2, 0.25) is 0 Å². The molecule has 0 saturated heterocycles. The van der Waals surface area contributed by atoms with Crippen LogP contribution in [-0.2, 0) is 4.79 Å². The van der Waals surface area contributed by atoms with E-state index in [9.17, 15) is 4.79 Å². The van der Waals surface area contributed by atoms with Crippen LogP contribution in [0.3, 0.4) is 0 Å². The smallest absolute Gasteiger partial charge is 0.230 e. The highest BCUT2D eigenvalue weighted by atomic mass is 16.2. The van der Waals surface area contributed by atoms with Crippen molar-refractivity contribution in [3.05, 3.63) is 59.9 Å². The quantitative estimate of drug-likeness (QED) is 0.794. The van der Waals surface area contributed by atoms with Crippen LogP contribution < -0.4 is 5.32 Å². The molecule has 1 amide bonds. The van der Waals surface area contributed by atoms with Gasteiger partial charge < -0.3 is 5.32 Å². The number of amides is 1. The molecule has 138 valence electrons. The molecule has 4 bridgehead atoms. The molecule has 27 heavy (non-hydrogen) atoms. The zero-order valence-electron chi connectivity index (χ0n) is 15.6. The molecule has 0 spiro atoms. The summed E-state index contributed by atoms with van der Waals surface area (Å²) in [5.74, 6) is 2.63. The predicted octanol–water partition coefficient (Wildman–Crippen LogP) is 5.41. The maximum atomic E-state index is 13.2. The summed E-state index contributed by atoms with van der Waals surface area (Å²) >= 11 is 0. The molecular weight excluding hydrogens is 332 g/mol.